The van der Waals surface area contributed by atoms with Crippen molar-refractivity contribution in [1.82, 2.24) is 9.97 Å². The topological polar surface area (TPSA) is 55.2 Å². The summed E-state index contributed by atoms with van der Waals surface area (Å²) in [5.74, 6) is -1.26. The predicted molar refractivity (Wildman–Crippen MR) is 89.7 cm³/mol. The van der Waals surface area contributed by atoms with Gasteiger partial charge in [-0.15, -0.1) is 0 Å². The van der Waals surface area contributed by atoms with Crippen molar-refractivity contribution < 1.29 is 18.6 Å². The minimum atomic E-state index is -0.680. The molecule has 0 bridgehead atoms. The van der Waals surface area contributed by atoms with Crippen LogP contribution in [0.1, 0.15) is 18.1 Å². The van der Waals surface area contributed by atoms with Crippen LogP contribution in [-0.4, -0.2) is 21.7 Å². The molecule has 0 aromatic carbocycles. The number of pyridine rings is 2. The van der Waals surface area contributed by atoms with Crippen LogP contribution in [-0.2, 0) is 18.0 Å². The molecule has 1 N–H and O–H groups in total. The van der Waals surface area contributed by atoms with Crippen LogP contribution in [0.15, 0.2) is 12.1 Å². The van der Waals surface area contributed by atoms with E-state index in [0.717, 1.165) is 6.07 Å². The molecule has 2 rings (SSSR count). The quantitative estimate of drug-likeness (QED) is 0.701. The molecule has 2 aromatic rings. The number of halogens is 6. The second kappa shape index (κ2) is 10.3. The van der Waals surface area contributed by atoms with Crippen molar-refractivity contribution >= 4 is 46.4 Å². The smallest absolute Gasteiger partial charge is 0.166 e. The van der Waals surface area contributed by atoms with Crippen LogP contribution in [0, 0.1) is 11.6 Å². The van der Waals surface area contributed by atoms with E-state index in [1.165, 1.54) is 6.07 Å². The third-order valence-corrected chi connectivity index (χ3v) is 3.74. The van der Waals surface area contributed by atoms with Gasteiger partial charge in [0.25, 0.3) is 0 Å². The molecular weight excluding hydrogens is 408 g/mol. The molecule has 0 unspecified atom stereocenters. The summed E-state index contributed by atoms with van der Waals surface area (Å²) >= 11 is 21.9. The van der Waals surface area contributed by atoms with Gasteiger partial charge in [-0.25, -0.2) is 18.7 Å². The lowest BCUT2D eigenvalue weighted by Crippen LogP contribution is -1.96. The highest BCUT2D eigenvalue weighted by Crippen LogP contribution is 2.21. The van der Waals surface area contributed by atoms with Crippen molar-refractivity contribution in [3.63, 3.8) is 0 Å². The van der Waals surface area contributed by atoms with Gasteiger partial charge >= 0.3 is 0 Å². The second-order valence-corrected chi connectivity index (χ2v) is 5.65. The Hall–Kier alpha value is -0.760. The summed E-state index contributed by atoms with van der Waals surface area (Å²) < 4.78 is 30.5. The Morgan fingerprint density at radius 2 is 1.38 bits per heavy atom. The Bertz CT molecular complexity index is 705. The molecular formula is C14H12Cl4F2N2O2. The molecule has 0 aliphatic heterocycles. The molecule has 0 spiro atoms. The zero-order chi connectivity index (χ0) is 18.3. The summed E-state index contributed by atoms with van der Waals surface area (Å²) in [5.41, 5.74) is 0.735. The van der Waals surface area contributed by atoms with Gasteiger partial charge < -0.3 is 9.84 Å². The summed E-state index contributed by atoms with van der Waals surface area (Å²) in [5, 5.41) is 8.30. The third-order valence-electron chi connectivity index (χ3n) is 2.55. The Morgan fingerprint density at radius 1 is 0.917 bits per heavy atom. The average Bonchev–Trinajstić information content (AvgIpc) is 2.53. The van der Waals surface area contributed by atoms with E-state index >= 15 is 0 Å². The van der Waals surface area contributed by atoms with Gasteiger partial charge in [0.2, 0.25) is 0 Å². The Morgan fingerprint density at radius 3 is 1.83 bits per heavy atom. The zero-order valence-corrected chi connectivity index (χ0v) is 15.3. The number of aliphatic hydroxyl groups excluding tert-OH is 1. The minimum Gasteiger partial charge on any atom is -0.392 e. The van der Waals surface area contributed by atoms with Crippen molar-refractivity contribution in [2.45, 2.75) is 20.1 Å². The molecule has 0 radical (unpaired) electrons. The third kappa shape index (κ3) is 6.27. The van der Waals surface area contributed by atoms with E-state index in [-0.39, 0.29) is 39.4 Å². The van der Waals surface area contributed by atoms with Gasteiger partial charge in [-0.2, -0.15) is 0 Å². The lowest BCUT2D eigenvalue weighted by molar-refractivity contribution is 0.133. The van der Waals surface area contributed by atoms with E-state index in [2.05, 4.69) is 9.97 Å². The van der Waals surface area contributed by atoms with E-state index in [4.69, 9.17) is 56.2 Å². The van der Waals surface area contributed by atoms with Gasteiger partial charge in [-0.3, -0.25) is 0 Å². The number of aromatic nitrogens is 2. The molecule has 0 fully saturated rings. The normalized spacial score (nSPS) is 10.3. The molecule has 10 heteroatoms. The summed E-state index contributed by atoms with van der Waals surface area (Å²) in [6, 6.07) is 2.28. The summed E-state index contributed by atoms with van der Waals surface area (Å²) in [6.07, 6.45) is 0. The van der Waals surface area contributed by atoms with Crippen LogP contribution < -0.4 is 0 Å². The highest BCUT2D eigenvalue weighted by Gasteiger charge is 2.08. The molecule has 24 heavy (non-hydrogen) atoms. The first kappa shape index (κ1) is 21.3. The standard InChI is InChI=1S/C8H8Cl2FNO.C6H4Cl2FNO/c1-2-13-4-5-3-6(11)8(10)12-7(5)9;7-5-3(2-11)1-4(9)6(8)10-5/h3H,2,4H2,1H3;1,11H,2H2. The van der Waals surface area contributed by atoms with Crippen molar-refractivity contribution in [2.24, 2.45) is 0 Å². The first-order valence-corrected chi connectivity index (χ1v) is 8.00. The lowest BCUT2D eigenvalue weighted by Gasteiger charge is -2.04. The van der Waals surface area contributed by atoms with E-state index in [1.807, 2.05) is 6.92 Å². The maximum Gasteiger partial charge on any atom is 0.166 e. The van der Waals surface area contributed by atoms with Gasteiger partial charge in [-0.1, -0.05) is 46.4 Å². The molecule has 0 aliphatic carbocycles. The van der Waals surface area contributed by atoms with Crippen molar-refractivity contribution in [3.05, 3.63) is 55.5 Å². The van der Waals surface area contributed by atoms with Crippen LogP contribution in [0.4, 0.5) is 8.78 Å². The molecule has 132 valence electrons. The predicted octanol–water partition coefficient (Wildman–Crippen LogP) is 5.08. The SMILES string of the molecule is CCOCc1cc(F)c(Cl)nc1Cl.OCc1cc(F)c(Cl)nc1Cl. The van der Waals surface area contributed by atoms with Crippen LogP contribution >= 0.6 is 46.4 Å². The summed E-state index contributed by atoms with van der Waals surface area (Å²) in [6.45, 7) is 2.28. The van der Waals surface area contributed by atoms with Gasteiger partial charge in [0, 0.05) is 17.7 Å². The first-order valence-electron chi connectivity index (χ1n) is 6.49. The lowest BCUT2D eigenvalue weighted by atomic mass is 10.3. The molecule has 0 atom stereocenters. The highest BCUT2D eigenvalue weighted by atomic mass is 35.5. The molecule has 0 saturated heterocycles. The number of hydrogen-bond donors (Lipinski definition) is 1. The summed E-state index contributed by atoms with van der Waals surface area (Å²) in [7, 11) is 0. The molecule has 4 nitrogen and oxygen atoms in total. The summed E-state index contributed by atoms with van der Waals surface area (Å²) in [4.78, 5) is 7.04. The van der Waals surface area contributed by atoms with Crippen molar-refractivity contribution in [2.75, 3.05) is 6.61 Å². The number of hydrogen-bond acceptors (Lipinski definition) is 4. The molecule has 0 amide bonds. The average molecular weight is 420 g/mol. The number of ether oxygens (including phenoxy) is 1. The molecule has 0 saturated carbocycles. The molecule has 0 aliphatic rings. The van der Waals surface area contributed by atoms with Crippen LogP contribution in [0.3, 0.4) is 0 Å². The Labute approximate surface area is 157 Å². The monoisotopic (exact) mass is 418 g/mol. The largest absolute Gasteiger partial charge is 0.392 e. The van der Waals surface area contributed by atoms with Gasteiger partial charge in [0.15, 0.2) is 21.9 Å². The fourth-order valence-corrected chi connectivity index (χ4v) is 2.15. The van der Waals surface area contributed by atoms with E-state index in [9.17, 15) is 8.78 Å². The van der Waals surface area contributed by atoms with Gasteiger partial charge in [0.1, 0.15) is 10.3 Å². The second-order valence-electron chi connectivity index (χ2n) is 4.22. The van der Waals surface area contributed by atoms with E-state index in [0.29, 0.717) is 12.2 Å². The maximum absolute atomic E-state index is 12.9. The highest BCUT2D eigenvalue weighted by molar-refractivity contribution is 6.33. The number of nitrogens with zero attached hydrogens (tertiary/aromatic N) is 2. The fraction of sp³-hybridized carbons (Fsp3) is 0.286. The van der Waals surface area contributed by atoms with Crippen LogP contribution in [0.2, 0.25) is 20.6 Å². The Balaban J connectivity index is 0.000000243. The van der Waals surface area contributed by atoms with Crippen molar-refractivity contribution in [1.29, 1.82) is 0 Å². The fourth-order valence-electron chi connectivity index (χ4n) is 1.39. The number of aliphatic hydroxyl groups is 1. The van der Waals surface area contributed by atoms with Crippen LogP contribution in [0.25, 0.3) is 0 Å². The van der Waals surface area contributed by atoms with Gasteiger partial charge in [0.05, 0.1) is 13.2 Å². The van der Waals surface area contributed by atoms with Crippen molar-refractivity contribution in [3.8, 4) is 0 Å². The Kier molecular flexibility index (Phi) is 9.12. The van der Waals surface area contributed by atoms with E-state index < -0.39 is 11.6 Å². The first-order chi connectivity index (χ1) is 11.3. The van der Waals surface area contributed by atoms with Gasteiger partial charge in [-0.05, 0) is 19.1 Å². The number of rotatable bonds is 4. The molecule has 2 aromatic heterocycles. The minimum absolute atomic E-state index is 0.0268. The molecule has 2 heterocycles. The van der Waals surface area contributed by atoms with E-state index in [1.54, 1.807) is 0 Å². The van der Waals surface area contributed by atoms with Crippen LogP contribution in [0.5, 0.6) is 0 Å². The maximum atomic E-state index is 12.9. The zero-order valence-electron chi connectivity index (χ0n) is 12.3.